The lowest BCUT2D eigenvalue weighted by Gasteiger charge is -2.27. The van der Waals surface area contributed by atoms with Crippen molar-refractivity contribution in [2.75, 3.05) is 12.3 Å². The van der Waals surface area contributed by atoms with Crippen LogP contribution in [0.1, 0.15) is 16.8 Å². The summed E-state index contributed by atoms with van der Waals surface area (Å²) in [4.78, 5) is 8.05. The van der Waals surface area contributed by atoms with Crippen molar-refractivity contribution in [2.24, 2.45) is 0 Å². The van der Waals surface area contributed by atoms with Gasteiger partial charge in [0, 0.05) is 12.7 Å². The van der Waals surface area contributed by atoms with E-state index in [1.807, 2.05) is 6.07 Å². The predicted molar refractivity (Wildman–Crippen MR) is 78.9 cm³/mol. The SMILES string of the molecule is N#Cc1ccccc1S(=O)(=O)N1CCc2cnc(N)nc2C1. The van der Waals surface area contributed by atoms with E-state index in [-0.39, 0.29) is 23.0 Å². The van der Waals surface area contributed by atoms with E-state index >= 15 is 0 Å². The second-order valence-corrected chi connectivity index (χ2v) is 6.80. The molecule has 1 aliphatic heterocycles. The number of nitrogens with two attached hydrogens (primary N) is 1. The minimum atomic E-state index is -3.75. The van der Waals surface area contributed by atoms with Crippen molar-refractivity contribution in [1.82, 2.24) is 14.3 Å². The molecule has 1 aromatic carbocycles. The van der Waals surface area contributed by atoms with Gasteiger partial charge in [0.1, 0.15) is 6.07 Å². The molecule has 0 spiro atoms. The zero-order valence-electron chi connectivity index (χ0n) is 11.6. The molecule has 0 bridgehead atoms. The van der Waals surface area contributed by atoms with Gasteiger partial charge in [-0.25, -0.2) is 18.4 Å². The Morgan fingerprint density at radius 3 is 2.86 bits per heavy atom. The zero-order chi connectivity index (χ0) is 15.7. The van der Waals surface area contributed by atoms with E-state index in [2.05, 4.69) is 9.97 Å². The van der Waals surface area contributed by atoms with E-state index in [4.69, 9.17) is 11.0 Å². The molecule has 2 heterocycles. The van der Waals surface area contributed by atoms with Gasteiger partial charge in [0.05, 0.1) is 22.7 Å². The topological polar surface area (TPSA) is 113 Å². The van der Waals surface area contributed by atoms with Crippen LogP contribution in [-0.2, 0) is 23.0 Å². The molecule has 0 fully saturated rings. The Balaban J connectivity index is 2.00. The zero-order valence-corrected chi connectivity index (χ0v) is 12.4. The number of nitrogen functional groups attached to an aromatic ring is 1. The molecule has 112 valence electrons. The molecule has 22 heavy (non-hydrogen) atoms. The van der Waals surface area contributed by atoms with Gasteiger partial charge in [-0.05, 0) is 24.1 Å². The standard InChI is InChI=1S/C14H13N5O2S/c15-7-10-3-1-2-4-13(10)22(20,21)19-6-5-11-8-17-14(16)18-12(11)9-19/h1-4,8H,5-6,9H2,(H2,16,17,18). The Bertz CT molecular complexity index is 873. The highest BCUT2D eigenvalue weighted by atomic mass is 32.2. The molecule has 2 N–H and O–H groups in total. The quantitative estimate of drug-likeness (QED) is 0.871. The number of sulfonamides is 1. The first-order valence-electron chi connectivity index (χ1n) is 6.62. The van der Waals surface area contributed by atoms with Crippen molar-refractivity contribution in [3.63, 3.8) is 0 Å². The van der Waals surface area contributed by atoms with E-state index in [0.29, 0.717) is 18.7 Å². The Hall–Kier alpha value is -2.50. The Morgan fingerprint density at radius 2 is 2.09 bits per heavy atom. The first-order valence-corrected chi connectivity index (χ1v) is 8.06. The second kappa shape index (κ2) is 5.36. The lowest BCUT2D eigenvalue weighted by atomic mass is 10.1. The molecule has 1 aromatic heterocycles. The first-order chi connectivity index (χ1) is 10.5. The van der Waals surface area contributed by atoms with Gasteiger partial charge >= 0.3 is 0 Å². The molecule has 8 heteroatoms. The van der Waals surface area contributed by atoms with Crippen LogP contribution in [0.3, 0.4) is 0 Å². The van der Waals surface area contributed by atoms with Gasteiger partial charge in [-0.1, -0.05) is 12.1 Å². The summed E-state index contributed by atoms with van der Waals surface area (Å²) in [6.45, 7) is 0.451. The number of hydrogen-bond donors (Lipinski definition) is 1. The van der Waals surface area contributed by atoms with E-state index < -0.39 is 10.0 Å². The van der Waals surface area contributed by atoms with Crippen LogP contribution >= 0.6 is 0 Å². The molecule has 3 rings (SSSR count). The van der Waals surface area contributed by atoms with Crippen molar-refractivity contribution >= 4 is 16.0 Å². The number of aromatic nitrogens is 2. The normalized spacial score (nSPS) is 15.0. The van der Waals surface area contributed by atoms with Crippen molar-refractivity contribution in [3.8, 4) is 6.07 Å². The molecule has 0 unspecified atom stereocenters. The molecule has 0 amide bonds. The van der Waals surface area contributed by atoms with Gasteiger partial charge in [0.2, 0.25) is 16.0 Å². The lowest BCUT2D eigenvalue weighted by Crippen LogP contribution is -2.37. The average molecular weight is 315 g/mol. The predicted octanol–water partition coefficient (Wildman–Crippen LogP) is 0.677. The maximum Gasteiger partial charge on any atom is 0.244 e. The number of anilines is 1. The largest absolute Gasteiger partial charge is 0.368 e. The highest BCUT2D eigenvalue weighted by molar-refractivity contribution is 7.89. The monoisotopic (exact) mass is 315 g/mol. The fraction of sp³-hybridized carbons (Fsp3) is 0.214. The Labute approximate surface area is 128 Å². The van der Waals surface area contributed by atoms with Crippen LogP contribution in [0, 0.1) is 11.3 Å². The molecule has 0 aliphatic carbocycles. The first kappa shape index (κ1) is 14.4. The van der Waals surface area contributed by atoms with Crippen LogP contribution in [0.2, 0.25) is 0 Å². The molecule has 1 aliphatic rings. The fourth-order valence-corrected chi connectivity index (χ4v) is 3.97. The fourth-order valence-electron chi connectivity index (χ4n) is 2.42. The van der Waals surface area contributed by atoms with E-state index in [1.54, 1.807) is 18.3 Å². The highest BCUT2D eigenvalue weighted by Crippen LogP contribution is 2.25. The van der Waals surface area contributed by atoms with Crippen LogP contribution in [0.4, 0.5) is 5.95 Å². The molecule has 0 saturated heterocycles. The maximum atomic E-state index is 12.8. The second-order valence-electron chi connectivity index (χ2n) is 4.90. The summed E-state index contributed by atoms with van der Waals surface area (Å²) in [5.74, 6) is 0.121. The van der Waals surface area contributed by atoms with Crippen LogP contribution in [0.15, 0.2) is 35.4 Å². The molecule has 7 nitrogen and oxygen atoms in total. The molecular formula is C14H13N5O2S. The summed E-state index contributed by atoms with van der Waals surface area (Å²) in [6.07, 6.45) is 2.15. The third-order valence-corrected chi connectivity index (χ3v) is 5.46. The minimum Gasteiger partial charge on any atom is -0.368 e. The van der Waals surface area contributed by atoms with Crippen molar-refractivity contribution in [2.45, 2.75) is 17.9 Å². The summed E-state index contributed by atoms with van der Waals surface area (Å²) in [5.41, 5.74) is 7.20. The summed E-state index contributed by atoms with van der Waals surface area (Å²) in [6, 6.07) is 8.09. The molecular weight excluding hydrogens is 302 g/mol. The minimum absolute atomic E-state index is 0.0166. The van der Waals surface area contributed by atoms with Gasteiger partial charge in [-0.2, -0.15) is 9.57 Å². The van der Waals surface area contributed by atoms with E-state index in [9.17, 15) is 8.42 Å². The van der Waals surface area contributed by atoms with Gasteiger partial charge in [-0.15, -0.1) is 0 Å². The molecule has 2 aromatic rings. The van der Waals surface area contributed by atoms with Crippen LogP contribution in [-0.4, -0.2) is 29.2 Å². The number of hydrogen-bond acceptors (Lipinski definition) is 6. The summed E-state index contributed by atoms with van der Waals surface area (Å²) in [7, 11) is -3.75. The van der Waals surface area contributed by atoms with E-state index in [1.165, 1.54) is 16.4 Å². The molecule has 0 radical (unpaired) electrons. The van der Waals surface area contributed by atoms with Gasteiger partial charge < -0.3 is 5.73 Å². The molecule has 0 atom stereocenters. The number of fused-ring (bicyclic) bond motifs is 1. The number of nitriles is 1. The third-order valence-electron chi connectivity index (χ3n) is 3.55. The number of nitrogens with zero attached hydrogens (tertiary/aromatic N) is 4. The van der Waals surface area contributed by atoms with E-state index in [0.717, 1.165) is 5.56 Å². The average Bonchev–Trinajstić information content (AvgIpc) is 2.54. The van der Waals surface area contributed by atoms with Gasteiger partial charge in [0.15, 0.2) is 0 Å². The Morgan fingerprint density at radius 1 is 1.32 bits per heavy atom. The summed E-state index contributed by atoms with van der Waals surface area (Å²) < 4.78 is 26.8. The van der Waals surface area contributed by atoms with Crippen LogP contribution in [0.5, 0.6) is 0 Å². The van der Waals surface area contributed by atoms with Crippen molar-refractivity contribution in [3.05, 3.63) is 47.3 Å². The van der Waals surface area contributed by atoms with Crippen molar-refractivity contribution < 1.29 is 8.42 Å². The van der Waals surface area contributed by atoms with Gasteiger partial charge in [-0.3, -0.25) is 0 Å². The van der Waals surface area contributed by atoms with Crippen LogP contribution in [0.25, 0.3) is 0 Å². The maximum absolute atomic E-state index is 12.8. The van der Waals surface area contributed by atoms with Gasteiger partial charge in [0.25, 0.3) is 0 Å². The summed E-state index contributed by atoms with van der Waals surface area (Å²) >= 11 is 0. The Kier molecular flexibility index (Phi) is 3.52. The number of rotatable bonds is 2. The highest BCUT2D eigenvalue weighted by Gasteiger charge is 2.30. The summed E-state index contributed by atoms with van der Waals surface area (Å²) in [5, 5.41) is 9.10. The smallest absolute Gasteiger partial charge is 0.244 e. The lowest BCUT2D eigenvalue weighted by molar-refractivity contribution is 0.385. The van der Waals surface area contributed by atoms with Crippen LogP contribution < -0.4 is 5.73 Å². The third kappa shape index (κ3) is 2.41. The molecule has 0 saturated carbocycles. The van der Waals surface area contributed by atoms with Crippen molar-refractivity contribution in [1.29, 1.82) is 5.26 Å². The number of benzene rings is 1.